The summed E-state index contributed by atoms with van der Waals surface area (Å²) in [6.45, 7) is 5.95. The van der Waals surface area contributed by atoms with Gasteiger partial charge in [-0.3, -0.25) is 9.69 Å². The summed E-state index contributed by atoms with van der Waals surface area (Å²) in [6, 6.07) is 6.33. The first-order chi connectivity index (χ1) is 9.00. The van der Waals surface area contributed by atoms with Gasteiger partial charge in [0, 0.05) is 6.42 Å². The van der Waals surface area contributed by atoms with Gasteiger partial charge in [-0.15, -0.1) is 0 Å². The lowest BCUT2D eigenvalue weighted by molar-refractivity contribution is -0.129. The van der Waals surface area contributed by atoms with E-state index in [0.717, 1.165) is 31.5 Å². The number of benzene rings is 1. The zero-order valence-corrected chi connectivity index (χ0v) is 11.8. The SMILES string of the molecule is CC(C)(C(=O)Cc1cccc(F)c1)N1CCCCC1. The standard InChI is InChI=1S/C16H22FNO/c1-16(2,18-9-4-3-5-10-18)15(19)12-13-7-6-8-14(17)11-13/h6-8,11H,3-5,9-10,12H2,1-2H3. The van der Waals surface area contributed by atoms with Crippen molar-refractivity contribution in [1.29, 1.82) is 0 Å². The summed E-state index contributed by atoms with van der Waals surface area (Å²) in [5.41, 5.74) is 0.308. The zero-order chi connectivity index (χ0) is 13.9. The number of carbonyl (C=O) groups is 1. The van der Waals surface area contributed by atoms with Gasteiger partial charge in [0.25, 0.3) is 0 Å². The highest BCUT2D eigenvalue weighted by atomic mass is 19.1. The Morgan fingerprint density at radius 2 is 1.95 bits per heavy atom. The van der Waals surface area contributed by atoms with Gasteiger partial charge in [-0.25, -0.2) is 4.39 Å². The Bertz CT molecular complexity index is 450. The van der Waals surface area contributed by atoms with Crippen LogP contribution in [-0.4, -0.2) is 29.3 Å². The van der Waals surface area contributed by atoms with Gasteiger partial charge in [-0.1, -0.05) is 18.6 Å². The van der Waals surface area contributed by atoms with E-state index in [2.05, 4.69) is 4.90 Å². The third-order valence-corrected chi connectivity index (χ3v) is 4.08. The van der Waals surface area contributed by atoms with Gasteiger partial charge in [0.1, 0.15) is 5.82 Å². The molecule has 0 saturated carbocycles. The topological polar surface area (TPSA) is 20.3 Å². The Morgan fingerprint density at radius 1 is 1.26 bits per heavy atom. The third kappa shape index (κ3) is 3.41. The molecule has 3 heteroatoms. The molecule has 0 unspecified atom stereocenters. The predicted molar refractivity (Wildman–Crippen MR) is 74.6 cm³/mol. The van der Waals surface area contributed by atoms with Crippen LogP contribution in [0.2, 0.25) is 0 Å². The lowest BCUT2D eigenvalue weighted by atomic mass is 9.90. The molecule has 1 aliphatic rings. The Kier molecular flexibility index (Phi) is 4.35. The van der Waals surface area contributed by atoms with Gasteiger partial charge in [-0.05, 0) is 57.5 Å². The van der Waals surface area contributed by atoms with Crippen molar-refractivity contribution in [2.45, 2.75) is 45.1 Å². The van der Waals surface area contributed by atoms with Crippen molar-refractivity contribution in [3.8, 4) is 0 Å². The minimum atomic E-state index is -0.452. The highest BCUT2D eigenvalue weighted by molar-refractivity contribution is 5.89. The summed E-state index contributed by atoms with van der Waals surface area (Å²) in [7, 11) is 0. The molecule has 1 aromatic carbocycles. The Morgan fingerprint density at radius 3 is 2.58 bits per heavy atom. The van der Waals surface area contributed by atoms with E-state index in [0.29, 0.717) is 6.42 Å². The van der Waals surface area contributed by atoms with Gasteiger partial charge in [0.05, 0.1) is 5.54 Å². The maximum Gasteiger partial charge on any atom is 0.156 e. The number of likely N-dealkylation sites (tertiary alicyclic amines) is 1. The van der Waals surface area contributed by atoms with Crippen LogP contribution >= 0.6 is 0 Å². The number of nitrogens with zero attached hydrogens (tertiary/aromatic N) is 1. The van der Waals surface area contributed by atoms with E-state index in [9.17, 15) is 9.18 Å². The highest BCUT2D eigenvalue weighted by Crippen LogP contribution is 2.23. The van der Waals surface area contributed by atoms with Crippen LogP contribution in [0.4, 0.5) is 4.39 Å². The van der Waals surface area contributed by atoms with E-state index < -0.39 is 5.54 Å². The maximum atomic E-state index is 13.1. The van der Waals surface area contributed by atoms with E-state index in [1.807, 2.05) is 19.9 Å². The molecule has 0 atom stereocenters. The van der Waals surface area contributed by atoms with Crippen molar-refractivity contribution in [3.63, 3.8) is 0 Å². The van der Waals surface area contributed by atoms with Crippen LogP contribution in [0.1, 0.15) is 38.7 Å². The van der Waals surface area contributed by atoms with Gasteiger partial charge in [-0.2, -0.15) is 0 Å². The molecular formula is C16H22FNO. The number of hydrogen-bond acceptors (Lipinski definition) is 2. The largest absolute Gasteiger partial charge is 0.297 e. The highest BCUT2D eigenvalue weighted by Gasteiger charge is 2.34. The van der Waals surface area contributed by atoms with Crippen LogP contribution in [0.25, 0.3) is 0 Å². The lowest BCUT2D eigenvalue weighted by Crippen LogP contribution is -2.52. The second-order valence-electron chi connectivity index (χ2n) is 5.84. The fraction of sp³-hybridized carbons (Fsp3) is 0.562. The molecule has 0 N–H and O–H groups in total. The number of carbonyl (C=O) groups excluding carboxylic acids is 1. The Labute approximate surface area is 114 Å². The second kappa shape index (κ2) is 5.83. The van der Waals surface area contributed by atoms with Gasteiger partial charge in [0.15, 0.2) is 5.78 Å². The molecule has 0 spiro atoms. The molecule has 1 saturated heterocycles. The van der Waals surface area contributed by atoms with Crippen LogP contribution in [0.5, 0.6) is 0 Å². The smallest absolute Gasteiger partial charge is 0.156 e. The summed E-state index contributed by atoms with van der Waals surface area (Å²) < 4.78 is 13.1. The van der Waals surface area contributed by atoms with E-state index >= 15 is 0 Å². The zero-order valence-electron chi connectivity index (χ0n) is 11.8. The summed E-state index contributed by atoms with van der Waals surface area (Å²) in [5.74, 6) is -0.110. The summed E-state index contributed by atoms with van der Waals surface area (Å²) in [5, 5.41) is 0. The van der Waals surface area contributed by atoms with Crippen LogP contribution in [-0.2, 0) is 11.2 Å². The Balaban J connectivity index is 2.05. The number of Topliss-reactive ketones (excluding diaryl/α,β-unsaturated/α-hetero) is 1. The molecule has 2 rings (SSSR count). The molecule has 0 radical (unpaired) electrons. The molecule has 0 bridgehead atoms. The van der Waals surface area contributed by atoms with E-state index in [1.54, 1.807) is 6.07 Å². The molecule has 0 aliphatic carbocycles. The van der Waals surface area contributed by atoms with Crippen molar-refractivity contribution in [2.75, 3.05) is 13.1 Å². The van der Waals surface area contributed by atoms with Crippen molar-refractivity contribution in [2.24, 2.45) is 0 Å². The van der Waals surface area contributed by atoms with Crippen LogP contribution in [0, 0.1) is 5.82 Å². The number of halogens is 1. The van der Waals surface area contributed by atoms with E-state index in [4.69, 9.17) is 0 Å². The molecule has 0 aromatic heterocycles. The number of hydrogen-bond donors (Lipinski definition) is 0. The van der Waals surface area contributed by atoms with Gasteiger partial charge >= 0.3 is 0 Å². The fourth-order valence-electron chi connectivity index (χ4n) is 2.68. The number of rotatable bonds is 4. The molecule has 0 amide bonds. The molecule has 19 heavy (non-hydrogen) atoms. The lowest BCUT2D eigenvalue weighted by Gasteiger charge is -2.39. The van der Waals surface area contributed by atoms with Crippen molar-refractivity contribution >= 4 is 5.78 Å². The first-order valence-electron chi connectivity index (χ1n) is 7.03. The second-order valence-corrected chi connectivity index (χ2v) is 5.84. The van der Waals surface area contributed by atoms with E-state index in [-0.39, 0.29) is 11.6 Å². The average molecular weight is 263 g/mol. The van der Waals surface area contributed by atoms with Crippen molar-refractivity contribution in [3.05, 3.63) is 35.6 Å². The number of piperidine rings is 1. The van der Waals surface area contributed by atoms with Crippen molar-refractivity contribution in [1.82, 2.24) is 4.90 Å². The first kappa shape index (κ1) is 14.2. The van der Waals surface area contributed by atoms with Crippen LogP contribution in [0.3, 0.4) is 0 Å². The fourth-order valence-corrected chi connectivity index (χ4v) is 2.68. The summed E-state index contributed by atoms with van der Waals surface area (Å²) in [6.07, 6.45) is 3.89. The molecular weight excluding hydrogens is 241 g/mol. The maximum absolute atomic E-state index is 13.1. The molecule has 1 heterocycles. The Hall–Kier alpha value is -1.22. The quantitative estimate of drug-likeness (QED) is 0.831. The normalized spacial score (nSPS) is 17.4. The van der Waals surface area contributed by atoms with Crippen LogP contribution < -0.4 is 0 Å². The van der Waals surface area contributed by atoms with Crippen LogP contribution in [0.15, 0.2) is 24.3 Å². The minimum absolute atomic E-state index is 0.167. The molecule has 1 aliphatic heterocycles. The van der Waals surface area contributed by atoms with Gasteiger partial charge in [0.2, 0.25) is 0 Å². The minimum Gasteiger partial charge on any atom is -0.297 e. The first-order valence-corrected chi connectivity index (χ1v) is 7.03. The summed E-state index contributed by atoms with van der Waals surface area (Å²) >= 11 is 0. The van der Waals surface area contributed by atoms with Crippen molar-refractivity contribution < 1.29 is 9.18 Å². The molecule has 1 fully saturated rings. The molecule has 104 valence electrons. The third-order valence-electron chi connectivity index (χ3n) is 4.08. The molecule has 2 nitrogen and oxygen atoms in total. The van der Waals surface area contributed by atoms with E-state index in [1.165, 1.54) is 18.6 Å². The average Bonchev–Trinajstić information content (AvgIpc) is 2.39. The molecule has 1 aromatic rings. The predicted octanol–water partition coefficient (Wildman–Crippen LogP) is 3.20. The summed E-state index contributed by atoms with van der Waals surface area (Å²) in [4.78, 5) is 14.7. The monoisotopic (exact) mass is 263 g/mol. The number of ketones is 1. The van der Waals surface area contributed by atoms with Gasteiger partial charge < -0.3 is 0 Å².